The van der Waals surface area contributed by atoms with Gasteiger partial charge in [-0.25, -0.2) is 0 Å². The van der Waals surface area contributed by atoms with Gasteiger partial charge in [-0.3, -0.25) is 0 Å². The van der Waals surface area contributed by atoms with E-state index in [1.54, 1.807) is 0 Å². The summed E-state index contributed by atoms with van der Waals surface area (Å²) in [5.74, 6) is 0.0240. The fraction of sp³-hybridized carbons (Fsp3) is 0.364. The van der Waals surface area contributed by atoms with Gasteiger partial charge in [-0.2, -0.15) is 0 Å². The molecule has 0 spiro atoms. The first kappa shape index (κ1) is 8.98. The van der Waals surface area contributed by atoms with E-state index in [9.17, 15) is 4.79 Å². The van der Waals surface area contributed by atoms with Crippen molar-refractivity contribution in [2.45, 2.75) is 26.2 Å². The Morgan fingerprint density at radius 1 is 1.33 bits per heavy atom. The van der Waals surface area contributed by atoms with E-state index in [-0.39, 0.29) is 5.92 Å². The van der Waals surface area contributed by atoms with Crippen molar-refractivity contribution in [3.8, 4) is 0 Å². The Morgan fingerprint density at radius 2 is 1.92 bits per heavy atom. The van der Waals surface area contributed by atoms with Gasteiger partial charge in [0.25, 0.3) is 0 Å². The Balaban J connectivity index is 2.84. The highest BCUT2D eigenvalue weighted by Gasteiger charge is 2.01. The molecule has 1 rings (SSSR count). The predicted octanol–water partition coefficient (Wildman–Crippen LogP) is 2.55. The third-order valence-electron chi connectivity index (χ3n) is 2.12. The second-order valence-corrected chi connectivity index (χ2v) is 3.02. The number of hydrogen-bond acceptors (Lipinski definition) is 1. The molecule has 0 aromatic heterocycles. The molecule has 0 fully saturated rings. The molecule has 1 heteroatoms. The van der Waals surface area contributed by atoms with Gasteiger partial charge in [0.1, 0.15) is 6.29 Å². The summed E-state index contributed by atoms with van der Waals surface area (Å²) in [5, 5.41) is 0. The van der Waals surface area contributed by atoms with Crippen molar-refractivity contribution < 1.29 is 4.79 Å². The quantitative estimate of drug-likeness (QED) is 0.624. The molecule has 0 heterocycles. The Bertz CT molecular complexity index is 248. The Kier molecular flexibility index (Phi) is 3.03. The normalized spacial score (nSPS) is 12.5. The first-order chi connectivity index (χ1) is 5.77. The number of hydrogen-bond donors (Lipinski definition) is 0. The van der Waals surface area contributed by atoms with Crippen molar-refractivity contribution in [1.82, 2.24) is 0 Å². The maximum absolute atomic E-state index is 10.5. The summed E-state index contributed by atoms with van der Waals surface area (Å²) in [6, 6.07) is 8.21. The molecular weight excluding hydrogens is 148 g/mol. The molecule has 0 amide bonds. The Hall–Kier alpha value is -1.11. The predicted molar refractivity (Wildman–Crippen MR) is 50.3 cm³/mol. The van der Waals surface area contributed by atoms with Crippen LogP contribution in [0.1, 0.15) is 30.9 Å². The molecule has 0 unspecified atom stereocenters. The third-order valence-corrected chi connectivity index (χ3v) is 2.12. The molecule has 0 aliphatic heterocycles. The molecule has 1 atom stereocenters. The molecule has 0 radical (unpaired) electrons. The molecule has 12 heavy (non-hydrogen) atoms. The van der Waals surface area contributed by atoms with Crippen LogP contribution in [0.25, 0.3) is 0 Å². The summed E-state index contributed by atoms with van der Waals surface area (Å²) >= 11 is 0. The molecular formula is C11H14O. The van der Waals surface area contributed by atoms with Crippen molar-refractivity contribution in [3.63, 3.8) is 0 Å². The van der Waals surface area contributed by atoms with Crippen LogP contribution in [0.2, 0.25) is 0 Å². The molecule has 0 aliphatic carbocycles. The smallest absolute Gasteiger partial charge is 0.127 e. The average Bonchev–Trinajstić information content (AvgIpc) is 2.17. The van der Waals surface area contributed by atoms with Gasteiger partial charge < -0.3 is 4.79 Å². The van der Waals surface area contributed by atoms with Crippen molar-refractivity contribution >= 4 is 6.29 Å². The number of aryl methyl sites for hydroxylation is 1. The highest BCUT2D eigenvalue weighted by Crippen LogP contribution is 2.13. The van der Waals surface area contributed by atoms with E-state index in [2.05, 4.69) is 19.1 Å². The van der Waals surface area contributed by atoms with E-state index in [4.69, 9.17) is 0 Å². The van der Waals surface area contributed by atoms with Gasteiger partial charge in [0.05, 0.1) is 0 Å². The van der Waals surface area contributed by atoms with Crippen LogP contribution in [0.3, 0.4) is 0 Å². The average molecular weight is 162 g/mol. The summed E-state index contributed by atoms with van der Waals surface area (Å²) in [5.41, 5.74) is 2.42. The summed E-state index contributed by atoms with van der Waals surface area (Å²) in [7, 11) is 0. The number of aldehydes is 1. The van der Waals surface area contributed by atoms with Gasteiger partial charge in [-0.15, -0.1) is 0 Å². The lowest BCUT2D eigenvalue weighted by atomic mass is 10.0. The van der Waals surface area contributed by atoms with Crippen LogP contribution in [0.15, 0.2) is 24.3 Å². The van der Waals surface area contributed by atoms with Crippen LogP contribution < -0.4 is 0 Å². The van der Waals surface area contributed by atoms with E-state index in [1.807, 2.05) is 19.1 Å². The van der Waals surface area contributed by atoms with Crippen LogP contribution in [-0.2, 0) is 11.2 Å². The molecule has 0 saturated carbocycles. The highest BCUT2D eigenvalue weighted by molar-refractivity contribution is 5.61. The van der Waals surface area contributed by atoms with Gasteiger partial charge >= 0.3 is 0 Å². The summed E-state index contributed by atoms with van der Waals surface area (Å²) in [6.45, 7) is 4.03. The van der Waals surface area contributed by atoms with Gasteiger partial charge in [-0.1, -0.05) is 38.1 Å². The van der Waals surface area contributed by atoms with E-state index in [1.165, 1.54) is 5.56 Å². The lowest BCUT2D eigenvalue weighted by Crippen LogP contribution is -1.93. The molecule has 1 aromatic rings. The Labute approximate surface area is 73.4 Å². The number of benzene rings is 1. The molecule has 0 aliphatic rings. The SMILES string of the molecule is CCc1ccc([C@H](C)C=O)cc1. The maximum atomic E-state index is 10.5. The minimum atomic E-state index is 0.0240. The van der Waals surface area contributed by atoms with Crippen molar-refractivity contribution in [2.75, 3.05) is 0 Å². The van der Waals surface area contributed by atoms with E-state index >= 15 is 0 Å². The number of carbonyl (C=O) groups excluding carboxylic acids is 1. The third kappa shape index (κ3) is 1.94. The molecule has 0 N–H and O–H groups in total. The van der Waals surface area contributed by atoms with Crippen LogP contribution in [0, 0.1) is 0 Å². The first-order valence-electron chi connectivity index (χ1n) is 4.32. The monoisotopic (exact) mass is 162 g/mol. The van der Waals surface area contributed by atoms with Crippen LogP contribution >= 0.6 is 0 Å². The van der Waals surface area contributed by atoms with E-state index in [0.29, 0.717) is 0 Å². The maximum Gasteiger partial charge on any atom is 0.127 e. The van der Waals surface area contributed by atoms with E-state index < -0.39 is 0 Å². The summed E-state index contributed by atoms with van der Waals surface area (Å²) in [6.07, 6.45) is 2.02. The van der Waals surface area contributed by atoms with Gasteiger partial charge in [0.2, 0.25) is 0 Å². The minimum Gasteiger partial charge on any atom is -0.303 e. The van der Waals surface area contributed by atoms with Crippen molar-refractivity contribution in [1.29, 1.82) is 0 Å². The first-order valence-corrected chi connectivity index (χ1v) is 4.32. The fourth-order valence-corrected chi connectivity index (χ4v) is 1.14. The standard InChI is InChI=1S/C11H14O/c1-3-10-4-6-11(7-5-10)9(2)8-12/h4-9H,3H2,1-2H3/t9-/m1/s1. The lowest BCUT2D eigenvalue weighted by Gasteiger charge is -2.04. The highest BCUT2D eigenvalue weighted by atomic mass is 16.1. The molecule has 0 saturated heterocycles. The van der Waals surface area contributed by atoms with E-state index in [0.717, 1.165) is 18.3 Å². The second-order valence-electron chi connectivity index (χ2n) is 3.02. The van der Waals surface area contributed by atoms with Crippen molar-refractivity contribution in [2.24, 2.45) is 0 Å². The van der Waals surface area contributed by atoms with Crippen LogP contribution in [-0.4, -0.2) is 6.29 Å². The fourth-order valence-electron chi connectivity index (χ4n) is 1.14. The van der Waals surface area contributed by atoms with Gasteiger partial charge in [0, 0.05) is 5.92 Å². The summed E-state index contributed by atoms with van der Waals surface area (Å²) < 4.78 is 0. The van der Waals surface area contributed by atoms with Gasteiger partial charge in [-0.05, 0) is 17.5 Å². The topological polar surface area (TPSA) is 17.1 Å². The summed E-state index contributed by atoms with van der Waals surface area (Å²) in [4.78, 5) is 10.5. The molecule has 0 bridgehead atoms. The number of carbonyl (C=O) groups is 1. The van der Waals surface area contributed by atoms with Crippen LogP contribution in [0.4, 0.5) is 0 Å². The zero-order chi connectivity index (χ0) is 8.97. The van der Waals surface area contributed by atoms with Crippen LogP contribution in [0.5, 0.6) is 0 Å². The minimum absolute atomic E-state index is 0.0240. The number of rotatable bonds is 3. The largest absolute Gasteiger partial charge is 0.303 e. The molecule has 1 nitrogen and oxygen atoms in total. The van der Waals surface area contributed by atoms with Gasteiger partial charge in [0.15, 0.2) is 0 Å². The second kappa shape index (κ2) is 4.05. The van der Waals surface area contributed by atoms with Crippen molar-refractivity contribution in [3.05, 3.63) is 35.4 Å². The zero-order valence-electron chi connectivity index (χ0n) is 7.58. The Morgan fingerprint density at radius 3 is 2.33 bits per heavy atom. The lowest BCUT2D eigenvalue weighted by molar-refractivity contribution is -0.108. The molecule has 1 aromatic carbocycles. The molecule has 64 valence electrons. The zero-order valence-corrected chi connectivity index (χ0v) is 7.58.